The van der Waals surface area contributed by atoms with Crippen LogP contribution in [0.15, 0.2) is 40.8 Å². The minimum Gasteiger partial charge on any atom is -0.755 e. The number of carboxylic acid groups (broad SMARTS) is 1. The van der Waals surface area contributed by atoms with Gasteiger partial charge in [0, 0.05) is 54.0 Å². The summed E-state index contributed by atoms with van der Waals surface area (Å²) in [6.45, 7) is 0.302. The zero-order valence-corrected chi connectivity index (χ0v) is 20.2. The van der Waals surface area contributed by atoms with Gasteiger partial charge in [-0.1, -0.05) is 0 Å². The summed E-state index contributed by atoms with van der Waals surface area (Å²) in [5.74, 6) is -0.944. The van der Waals surface area contributed by atoms with E-state index in [-0.39, 0.29) is 46.6 Å². The van der Waals surface area contributed by atoms with Crippen LogP contribution in [0.5, 0.6) is 0 Å². The summed E-state index contributed by atoms with van der Waals surface area (Å²) in [4.78, 5) is 25.1. The maximum atomic E-state index is 13.5. The molecule has 194 valence electrons. The first-order valence-corrected chi connectivity index (χ1v) is 11.9. The van der Waals surface area contributed by atoms with Gasteiger partial charge in [-0.25, -0.2) is 9.18 Å². The number of carbonyl (C=O) groups excluding carboxylic acids is 1. The molecule has 0 radical (unpaired) electrons. The average Bonchev–Trinajstić information content (AvgIpc) is 3.21. The van der Waals surface area contributed by atoms with Crippen LogP contribution in [0.4, 0.5) is 14.9 Å². The lowest BCUT2D eigenvalue weighted by molar-refractivity contribution is 0.0874. The van der Waals surface area contributed by atoms with Gasteiger partial charge in [0.05, 0.1) is 30.5 Å². The first-order chi connectivity index (χ1) is 17.1. The normalized spacial score (nSPS) is 12.8. The van der Waals surface area contributed by atoms with Crippen LogP contribution in [-0.4, -0.2) is 74.3 Å². The summed E-state index contributed by atoms with van der Waals surface area (Å²) in [5.41, 5.74) is 0.607. The van der Waals surface area contributed by atoms with Gasteiger partial charge in [-0.15, -0.1) is 0 Å². The van der Waals surface area contributed by atoms with Gasteiger partial charge in [-0.05, 0) is 37.3 Å². The minimum absolute atomic E-state index is 0.0167. The van der Waals surface area contributed by atoms with Crippen molar-refractivity contribution in [2.75, 3.05) is 37.6 Å². The fraction of sp³-hybridized carbons (Fsp3) is 0.304. The van der Waals surface area contributed by atoms with E-state index in [1.54, 1.807) is 6.92 Å². The molecule has 0 bridgehead atoms. The van der Waals surface area contributed by atoms with Crippen molar-refractivity contribution >= 4 is 39.9 Å². The monoisotopic (exact) mass is 522 g/mol. The standard InChI is InChI=1S/C23H26FN3O8S/c1-3-27(36(33)34)17-11-19-16(10-15(17)18(29)12-26(8-9-28)23(31)32)20(22(30)25-2)21(35-19)13-4-6-14(24)7-5-13/h4-7,10-11,18,28-29H,3,8-9,12H2,1-2H3,(H,25,30)(H,31,32)(H,33,34)/p-1. The highest BCUT2D eigenvalue weighted by Gasteiger charge is 2.27. The van der Waals surface area contributed by atoms with E-state index in [0.29, 0.717) is 5.56 Å². The minimum atomic E-state index is -2.76. The van der Waals surface area contributed by atoms with Crippen molar-refractivity contribution in [3.8, 4) is 11.3 Å². The second-order valence-corrected chi connectivity index (χ2v) is 8.55. The quantitative estimate of drug-likeness (QED) is 0.294. The third-order valence-electron chi connectivity index (χ3n) is 5.53. The molecule has 0 saturated carbocycles. The molecule has 36 heavy (non-hydrogen) atoms. The summed E-state index contributed by atoms with van der Waals surface area (Å²) in [5, 5.41) is 32.3. The number of aliphatic hydroxyl groups is 2. The number of furan rings is 1. The van der Waals surface area contributed by atoms with Crippen molar-refractivity contribution in [1.82, 2.24) is 10.2 Å². The van der Waals surface area contributed by atoms with E-state index >= 15 is 0 Å². The number of benzene rings is 2. The highest BCUT2D eigenvalue weighted by molar-refractivity contribution is 7.80. The predicted octanol–water partition coefficient (Wildman–Crippen LogP) is 2.22. The second-order valence-electron chi connectivity index (χ2n) is 7.68. The number of rotatable bonds is 10. The number of hydrogen-bond donors (Lipinski definition) is 4. The van der Waals surface area contributed by atoms with Gasteiger partial charge < -0.3 is 38.8 Å². The Labute approximate surface area is 208 Å². The Hall–Kier alpha value is -3.52. The summed E-state index contributed by atoms with van der Waals surface area (Å²) in [6.07, 6.45) is -2.91. The molecular formula is C23H25FN3O8S-. The zero-order valence-electron chi connectivity index (χ0n) is 19.4. The Balaban J connectivity index is 2.29. The van der Waals surface area contributed by atoms with Crippen molar-refractivity contribution in [3.05, 3.63) is 53.3 Å². The number of hydrogen-bond acceptors (Lipinski definition) is 7. The van der Waals surface area contributed by atoms with Gasteiger partial charge >= 0.3 is 6.09 Å². The fourth-order valence-corrected chi connectivity index (χ4v) is 4.37. The SMILES string of the molecule is CCN(c1cc2oc(-c3ccc(F)cc3)c(C(=O)NC)c2cc1C(O)CN(CCO)C(=O)O)S(=O)[O-]. The van der Waals surface area contributed by atoms with Gasteiger partial charge in [0.2, 0.25) is 0 Å². The molecule has 4 N–H and O–H groups in total. The molecule has 11 nitrogen and oxygen atoms in total. The van der Waals surface area contributed by atoms with E-state index in [0.717, 1.165) is 9.21 Å². The van der Waals surface area contributed by atoms with Crippen LogP contribution in [0.2, 0.25) is 0 Å². The van der Waals surface area contributed by atoms with Crippen LogP contribution in [-0.2, 0) is 11.3 Å². The number of nitrogens with one attached hydrogen (secondary N) is 1. The van der Waals surface area contributed by atoms with Crippen LogP contribution < -0.4 is 9.62 Å². The topological polar surface area (TPSA) is 167 Å². The molecular weight excluding hydrogens is 497 g/mol. The summed E-state index contributed by atoms with van der Waals surface area (Å²) >= 11 is -2.76. The molecule has 2 amide bonds. The molecule has 0 saturated heterocycles. The van der Waals surface area contributed by atoms with Crippen LogP contribution in [0.1, 0.15) is 28.9 Å². The van der Waals surface area contributed by atoms with Crippen molar-refractivity contribution in [3.63, 3.8) is 0 Å². The van der Waals surface area contributed by atoms with Crippen LogP contribution in [0.25, 0.3) is 22.3 Å². The maximum absolute atomic E-state index is 13.5. The first kappa shape index (κ1) is 27.1. The molecule has 2 aromatic carbocycles. The van der Waals surface area contributed by atoms with Crippen molar-refractivity contribution in [1.29, 1.82) is 0 Å². The Kier molecular flexibility index (Phi) is 8.63. The molecule has 1 heterocycles. The Bertz CT molecular complexity index is 1280. The lowest BCUT2D eigenvalue weighted by atomic mass is 9.99. The lowest BCUT2D eigenvalue weighted by Gasteiger charge is -2.29. The van der Waals surface area contributed by atoms with E-state index in [9.17, 15) is 33.0 Å². The largest absolute Gasteiger partial charge is 0.755 e. The molecule has 3 rings (SSSR count). The second kappa shape index (κ2) is 11.5. The third kappa shape index (κ3) is 5.49. The lowest BCUT2D eigenvalue weighted by Crippen LogP contribution is -2.36. The van der Waals surface area contributed by atoms with Crippen molar-refractivity contribution in [2.24, 2.45) is 0 Å². The number of carbonyl (C=O) groups is 2. The fourth-order valence-electron chi connectivity index (χ4n) is 3.84. The Morgan fingerprint density at radius 2 is 1.92 bits per heavy atom. The Morgan fingerprint density at radius 3 is 2.44 bits per heavy atom. The van der Waals surface area contributed by atoms with Gasteiger partial charge in [-0.3, -0.25) is 9.00 Å². The van der Waals surface area contributed by atoms with Crippen LogP contribution >= 0.6 is 0 Å². The molecule has 0 aliphatic rings. The van der Waals surface area contributed by atoms with Gasteiger partial charge in [0.1, 0.15) is 17.2 Å². The molecule has 1 aromatic heterocycles. The predicted molar refractivity (Wildman–Crippen MR) is 129 cm³/mol. The van der Waals surface area contributed by atoms with E-state index in [4.69, 9.17) is 9.52 Å². The molecule has 2 atom stereocenters. The summed E-state index contributed by atoms with van der Waals surface area (Å²) in [6, 6.07) is 7.92. The summed E-state index contributed by atoms with van der Waals surface area (Å²) in [7, 11) is 1.40. The van der Waals surface area contributed by atoms with Crippen molar-refractivity contribution < 1.29 is 42.5 Å². The smallest absolute Gasteiger partial charge is 0.407 e. The summed E-state index contributed by atoms with van der Waals surface area (Å²) < 4.78 is 44.2. The molecule has 0 fully saturated rings. The molecule has 3 aromatic rings. The first-order valence-electron chi connectivity index (χ1n) is 10.8. The molecule has 0 aliphatic carbocycles. The zero-order chi connectivity index (χ0) is 26.6. The number of fused-ring (bicyclic) bond motifs is 1. The van der Waals surface area contributed by atoms with Gasteiger partial charge in [0.25, 0.3) is 5.91 Å². The van der Waals surface area contributed by atoms with E-state index in [2.05, 4.69) is 5.32 Å². The highest BCUT2D eigenvalue weighted by Crippen LogP contribution is 2.39. The molecule has 0 aliphatic heterocycles. The van der Waals surface area contributed by atoms with Gasteiger partial charge in [-0.2, -0.15) is 0 Å². The molecule has 0 spiro atoms. The maximum Gasteiger partial charge on any atom is 0.407 e. The van der Waals surface area contributed by atoms with E-state index < -0.39 is 48.3 Å². The highest BCUT2D eigenvalue weighted by atomic mass is 32.2. The van der Waals surface area contributed by atoms with E-state index in [1.807, 2.05) is 0 Å². The number of anilines is 1. The third-order valence-corrected chi connectivity index (χ3v) is 6.34. The van der Waals surface area contributed by atoms with Gasteiger partial charge in [0.15, 0.2) is 0 Å². The number of aliphatic hydroxyl groups excluding tert-OH is 2. The number of nitrogens with zero attached hydrogens (tertiary/aromatic N) is 2. The average molecular weight is 523 g/mol. The number of halogens is 1. The van der Waals surface area contributed by atoms with Crippen LogP contribution in [0.3, 0.4) is 0 Å². The molecule has 2 unspecified atom stereocenters. The molecule has 13 heteroatoms. The van der Waals surface area contributed by atoms with Crippen LogP contribution in [0, 0.1) is 5.82 Å². The van der Waals surface area contributed by atoms with E-state index in [1.165, 1.54) is 43.4 Å². The number of amides is 2. The Morgan fingerprint density at radius 1 is 1.25 bits per heavy atom. The van der Waals surface area contributed by atoms with Crippen molar-refractivity contribution in [2.45, 2.75) is 13.0 Å².